The molecule has 13 heteroatoms. The van der Waals surface area contributed by atoms with Gasteiger partial charge in [-0.15, -0.1) is 0 Å². The Balaban J connectivity index is 1.37. The number of halogens is 1. The minimum atomic E-state index is -3.86. The molecule has 0 spiro atoms. The number of aromatic amines is 1. The van der Waals surface area contributed by atoms with E-state index < -0.39 is 25.3 Å². The van der Waals surface area contributed by atoms with Gasteiger partial charge in [-0.1, -0.05) is 31.4 Å². The molecule has 0 aliphatic heterocycles. The van der Waals surface area contributed by atoms with Gasteiger partial charge in [0.25, 0.3) is 5.56 Å². The monoisotopic (exact) mass is 521 g/mol. The maximum Gasteiger partial charge on any atom is 0.356 e. The summed E-state index contributed by atoms with van der Waals surface area (Å²) in [5.41, 5.74) is 6.05. The lowest BCUT2D eigenvalue weighted by molar-refractivity contribution is -0.126. The van der Waals surface area contributed by atoms with Crippen LogP contribution in [0.1, 0.15) is 37.7 Å². The minimum Gasteiger partial charge on any atom is -0.369 e. The van der Waals surface area contributed by atoms with Crippen molar-refractivity contribution in [2.45, 2.75) is 45.3 Å². The van der Waals surface area contributed by atoms with Crippen molar-refractivity contribution in [1.29, 1.82) is 0 Å². The third kappa shape index (κ3) is 6.85. The lowest BCUT2D eigenvalue weighted by Gasteiger charge is -2.22. The number of anilines is 1. The van der Waals surface area contributed by atoms with Gasteiger partial charge in [0.2, 0.25) is 5.95 Å². The van der Waals surface area contributed by atoms with E-state index in [2.05, 4.69) is 15.0 Å². The summed E-state index contributed by atoms with van der Waals surface area (Å²) in [6.07, 6.45) is 5.69. The molecule has 1 fully saturated rings. The molecule has 1 aromatic carbocycles. The van der Waals surface area contributed by atoms with E-state index >= 15 is 0 Å². The summed E-state index contributed by atoms with van der Waals surface area (Å²) >= 11 is 0. The van der Waals surface area contributed by atoms with Gasteiger partial charge in [-0.2, -0.15) is 4.98 Å². The first-order chi connectivity index (χ1) is 17.3. The zero-order chi connectivity index (χ0) is 25.5. The third-order valence-electron chi connectivity index (χ3n) is 6.00. The molecule has 2 aromatic heterocycles. The SMILES string of the molecule is Nc1nc2c(ncn2CCOCP(=O)(OCC(=O)C2CCCCC2)OCc2cccc(F)c2)c(=O)[nH]1. The Bertz CT molecular complexity index is 1310. The normalized spacial score (nSPS) is 16.2. The highest BCUT2D eigenvalue weighted by Crippen LogP contribution is 2.49. The van der Waals surface area contributed by atoms with Crippen molar-refractivity contribution in [3.8, 4) is 0 Å². The molecular weight excluding hydrogens is 492 g/mol. The number of hydrogen-bond donors (Lipinski definition) is 2. The number of nitrogens with two attached hydrogens (primary N) is 1. The quantitative estimate of drug-likeness (QED) is 0.270. The van der Waals surface area contributed by atoms with Crippen LogP contribution in [0.4, 0.5) is 10.3 Å². The number of imidazole rings is 1. The average molecular weight is 521 g/mol. The molecular formula is C23H29FN5O6P. The van der Waals surface area contributed by atoms with Gasteiger partial charge < -0.3 is 19.6 Å². The zero-order valence-corrected chi connectivity index (χ0v) is 20.6. The number of aromatic nitrogens is 4. The number of nitrogens with one attached hydrogen (secondary N) is 1. The molecule has 3 N–H and O–H groups in total. The first kappa shape index (κ1) is 26.2. The molecule has 1 atom stereocenters. The Morgan fingerprint density at radius 2 is 2.06 bits per heavy atom. The van der Waals surface area contributed by atoms with Gasteiger partial charge in [0.1, 0.15) is 18.8 Å². The predicted octanol–water partition coefficient (Wildman–Crippen LogP) is 3.39. The molecule has 0 saturated heterocycles. The van der Waals surface area contributed by atoms with Crippen LogP contribution < -0.4 is 11.3 Å². The number of carbonyl (C=O) groups is 1. The fraction of sp³-hybridized carbons (Fsp3) is 0.478. The number of Topliss-reactive ketones (excluding diaryl/α,β-unsaturated/α-hetero) is 1. The molecule has 1 unspecified atom stereocenters. The predicted molar refractivity (Wildman–Crippen MR) is 130 cm³/mol. The second-order valence-electron chi connectivity index (χ2n) is 8.69. The lowest BCUT2D eigenvalue weighted by Crippen LogP contribution is -2.22. The van der Waals surface area contributed by atoms with Crippen molar-refractivity contribution in [2.24, 2.45) is 5.92 Å². The molecule has 0 bridgehead atoms. The number of benzene rings is 1. The summed E-state index contributed by atoms with van der Waals surface area (Å²) in [6.45, 7) is -0.217. The Morgan fingerprint density at radius 3 is 2.83 bits per heavy atom. The highest BCUT2D eigenvalue weighted by Gasteiger charge is 2.29. The van der Waals surface area contributed by atoms with Crippen LogP contribution in [-0.4, -0.2) is 44.9 Å². The highest BCUT2D eigenvalue weighted by molar-refractivity contribution is 7.53. The van der Waals surface area contributed by atoms with Crippen LogP contribution in [0, 0.1) is 11.7 Å². The van der Waals surface area contributed by atoms with Crippen molar-refractivity contribution in [3.63, 3.8) is 0 Å². The van der Waals surface area contributed by atoms with Gasteiger partial charge in [0, 0.05) is 12.5 Å². The Hall–Kier alpha value is -2.92. The van der Waals surface area contributed by atoms with E-state index in [0.29, 0.717) is 11.2 Å². The van der Waals surface area contributed by atoms with E-state index in [4.69, 9.17) is 19.5 Å². The fourth-order valence-electron chi connectivity index (χ4n) is 4.09. The summed E-state index contributed by atoms with van der Waals surface area (Å²) in [6, 6.07) is 5.71. The van der Waals surface area contributed by atoms with Gasteiger partial charge in [-0.05, 0) is 30.5 Å². The number of H-pyrrole nitrogens is 1. The Morgan fingerprint density at radius 1 is 1.25 bits per heavy atom. The van der Waals surface area contributed by atoms with E-state index in [-0.39, 0.29) is 49.5 Å². The van der Waals surface area contributed by atoms with Gasteiger partial charge in [0.05, 0.1) is 19.5 Å². The van der Waals surface area contributed by atoms with Crippen LogP contribution in [-0.2, 0) is 36.3 Å². The zero-order valence-electron chi connectivity index (χ0n) is 19.7. The number of nitrogens with zero attached hydrogens (tertiary/aromatic N) is 3. The maximum atomic E-state index is 13.5. The van der Waals surface area contributed by atoms with Crippen LogP contribution in [0.25, 0.3) is 11.2 Å². The molecule has 11 nitrogen and oxygen atoms in total. The molecule has 0 radical (unpaired) electrons. The topological polar surface area (TPSA) is 151 Å². The van der Waals surface area contributed by atoms with E-state index in [1.807, 2.05) is 0 Å². The van der Waals surface area contributed by atoms with Crippen LogP contribution in [0.15, 0.2) is 35.4 Å². The van der Waals surface area contributed by atoms with Crippen LogP contribution >= 0.6 is 7.60 Å². The minimum absolute atomic E-state index is 0.0403. The van der Waals surface area contributed by atoms with Crippen molar-refractivity contribution in [2.75, 3.05) is 25.3 Å². The molecule has 2 heterocycles. The summed E-state index contributed by atoms with van der Waals surface area (Å²) in [5.74, 6) is -0.699. The number of fused-ring (bicyclic) bond motifs is 1. The van der Waals surface area contributed by atoms with Crippen molar-refractivity contribution >= 4 is 30.5 Å². The number of ether oxygens (including phenoxy) is 1. The number of nitrogen functional groups attached to an aromatic ring is 1. The van der Waals surface area contributed by atoms with E-state index in [1.54, 1.807) is 10.6 Å². The molecule has 1 aliphatic carbocycles. The first-order valence-corrected chi connectivity index (χ1v) is 13.5. The second kappa shape index (κ2) is 11.9. The first-order valence-electron chi connectivity index (χ1n) is 11.8. The molecule has 0 amide bonds. The Kier molecular flexibility index (Phi) is 8.63. The van der Waals surface area contributed by atoms with E-state index in [0.717, 1.165) is 32.1 Å². The molecule has 36 heavy (non-hydrogen) atoms. The maximum absolute atomic E-state index is 13.5. The van der Waals surface area contributed by atoms with Crippen LogP contribution in [0.3, 0.4) is 0 Å². The fourth-order valence-corrected chi connectivity index (χ4v) is 5.34. The average Bonchev–Trinajstić information content (AvgIpc) is 3.28. The van der Waals surface area contributed by atoms with Crippen molar-refractivity contribution in [3.05, 3.63) is 52.3 Å². The summed E-state index contributed by atoms with van der Waals surface area (Å²) in [4.78, 5) is 35.0. The van der Waals surface area contributed by atoms with Crippen LogP contribution in [0.5, 0.6) is 0 Å². The number of rotatable bonds is 12. The molecule has 4 rings (SSSR count). The Labute approximate surface area is 206 Å². The van der Waals surface area contributed by atoms with Crippen molar-refractivity contribution in [1.82, 2.24) is 19.5 Å². The molecule has 194 valence electrons. The molecule has 1 aliphatic rings. The van der Waals surface area contributed by atoms with Crippen LogP contribution in [0.2, 0.25) is 0 Å². The van der Waals surface area contributed by atoms with Gasteiger partial charge in [0.15, 0.2) is 16.9 Å². The molecule has 1 saturated carbocycles. The smallest absolute Gasteiger partial charge is 0.356 e. The number of hydrogen-bond acceptors (Lipinski definition) is 9. The van der Waals surface area contributed by atoms with E-state index in [1.165, 1.54) is 24.5 Å². The molecule has 3 aromatic rings. The summed E-state index contributed by atoms with van der Waals surface area (Å²) < 4.78 is 45.1. The summed E-state index contributed by atoms with van der Waals surface area (Å²) in [5, 5.41) is 0. The highest BCUT2D eigenvalue weighted by atomic mass is 31.2. The van der Waals surface area contributed by atoms with E-state index in [9.17, 15) is 18.5 Å². The third-order valence-corrected chi connectivity index (χ3v) is 7.54. The van der Waals surface area contributed by atoms with Crippen molar-refractivity contribution < 1.29 is 27.5 Å². The van der Waals surface area contributed by atoms with Gasteiger partial charge in [-0.25, -0.2) is 9.37 Å². The number of carbonyl (C=O) groups excluding carboxylic acids is 1. The standard InChI is InChI=1S/C23H29FN5O6P/c24-18-8-4-5-16(11-18)12-34-36(32,35-13-19(30)17-6-2-1-3-7-17)15-33-10-9-29-14-26-20-21(29)27-23(25)28-22(20)31/h4-5,8,11,14,17H,1-3,6-7,9-10,12-13,15H2,(H3,25,27,28,31). The number of ketones is 1. The lowest BCUT2D eigenvalue weighted by atomic mass is 9.86. The van der Waals surface area contributed by atoms with Gasteiger partial charge in [-0.3, -0.25) is 23.7 Å². The van der Waals surface area contributed by atoms with Gasteiger partial charge >= 0.3 is 7.60 Å². The second-order valence-corrected chi connectivity index (χ2v) is 10.7. The largest absolute Gasteiger partial charge is 0.369 e. The summed E-state index contributed by atoms with van der Waals surface area (Å²) in [7, 11) is -3.86.